The molecular weight excluding hydrogens is 656 g/mol. The molecule has 1 unspecified atom stereocenters. The summed E-state index contributed by atoms with van der Waals surface area (Å²) in [5.41, 5.74) is -6.44. The minimum absolute atomic E-state index is 0.0469. The van der Waals surface area contributed by atoms with E-state index in [9.17, 15) is 54.9 Å². The third-order valence-corrected chi connectivity index (χ3v) is 8.22. The van der Waals surface area contributed by atoms with Crippen LogP contribution in [-0.4, -0.2) is 76.5 Å². The van der Waals surface area contributed by atoms with Gasteiger partial charge in [0.05, 0.1) is 25.9 Å². The molecule has 3 N–H and O–H groups in total. The van der Waals surface area contributed by atoms with Gasteiger partial charge < -0.3 is 24.0 Å². The number of aliphatic hydroxyl groups is 1. The van der Waals surface area contributed by atoms with E-state index >= 15 is 0 Å². The Kier molecular flexibility index (Phi) is 19.5. The highest BCUT2D eigenvalue weighted by Gasteiger charge is 2.71. The molecule has 1 aromatic heterocycles. The quantitative estimate of drug-likeness (QED) is 0.0574. The van der Waals surface area contributed by atoms with Crippen LogP contribution in [0.3, 0.4) is 0 Å². The van der Waals surface area contributed by atoms with Gasteiger partial charge in [0, 0.05) is 25.5 Å². The fraction of sp³-hybridized carbons (Fsp3) is 0.857. The Hall–Kier alpha value is -1.78. The molecule has 0 saturated heterocycles. The summed E-state index contributed by atoms with van der Waals surface area (Å²) in [6.07, 6.45) is -5.31. The molecule has 1 heterocycles. The summed E-state index contributed by atoms with van der Waals surface area (Å²) < 4.78 is 118. The van der Waals surface area contributed by atoms with Crippen LogP contribution >= 0.6 is 7.60 Å². The number of aliphatic hydroxyl groups excluding tert-OH is 1. The first kappa shape index (κ1) is 42.2. The van der Waals surface area contributed by atoms with Gasteiger partial charge in [-0.2, -0.15) is 26.3 Å². The summed E-state index contributed by atoms with van der Waals surface area (Å²) in [6.45, 7) is 0.126. The number of hydrogen-bond acceptors (Lipinski definition) is 7. The van der Waals surface area contributed by atoms with Crippen LogP contribution in [0.25, 0.3) is 0 Å². The van der Waals surface area contributed by atoms with Crippen LogP contribution in [0, 0.1) is 0 Å². The molecule has 0 aliphatic carbocycles. The van der Waals surface area contributed by atoms with Crippen molar-refractivity contribution >= 4 is 7.60 Å². The first-order valence-electron chi connectivity index (χ1n) is 15.4. The second kappa shape index (κ2) is 21.2. The van der Waals surface area contributed by atoms with Gasteiger partial charge in [-0.1, -0.05) is 64.2 Å². The third kappa shape index (κ3) is 16.9. The third-order valence-electron chi connectivity index (χ3n) is 7.16. The monoisotopic (exact) mass is 702 g/mol. The summed E-state index contributed by atoms with van der Waals surface area (Å²) in [6, 6.07) is 1.12. The van der Waals surface area contributed by atoms with Crippen molar-refractivity contribution in [3.05, 3.63) is 33.1 Å². The van der Waals surface area contributed by atoms with E-state index in [1.165, 1.54) is 6.20 Å². The van der Waals surface area contributed by atoms with E-state index in [1.807, 2.05) is 0 Å². The molecule has 0 aliphatic rings. The van der Waals surface area contributed by atoms with Crippen molar-refractivity contribution in [1.29, 1.82) is 0 Å². The number of ether oxygens (including phenoxy) is 2. The first-order chi connectivity index (χ1) is 21.5. The van der Waals surface area contributed by atoms with Gasteiger partial charge in [-0.15, -0.1) is 0 Å². The van der Waals surface area contributed by atoms with Crippen LogP contribution in [0.4, 0.5) is 30.7 Å². The lowest BCUT2D eigenvalue weighted by molar-refractivity contribution is -0.343. The highest BCUT2D eigenvalue weighted by molar-refractivity contribution is 7.52. The topological polar surface area (TPSA) is 140 Å². The van der Waals surface area contributed by atoms with Crippen molar-refractivity contribution in [2.45, 2.75) is 121 Å². The van der Waals surface area contributed by atoms with E-state index in [2.05, 4.69) is 4.98 Å². The summed E-state index contributed by atoms with van der Waals surface area (Å²) >= 11 is 0. The summed E-state index contributed by atoms with van der Waals surface area (Å²) in [5.74, 6) is 0. The molecule has 0 radical (unpaired) electrons. The number of unbranched alkanes of at least 4 members (excludes halogenated alkanes) is 11. The first-order valence-corrected chi connectivity index (χ1v) is 17.2. The molecule has 2 atom stereocenters. The van der Waals surface area contributed by atoms with Crippen LogP contribution in [0.2, 0.25) is 0 Å². The average molecular weight is 703 g/mol. The van der Waals surface area contributed by atoms with Crippen LogP contribution in [0.1, 0.15) is 89.9 Å². The van der Waals surface area contributed by atoms with Gasteiger partial charge in [-0.25, -0.2) is 9.18 Å². The number of halogens is 7. The molecule has 270 valence electrons. The molecule has 0 saturated carbocycles. The fourth-order valence-electron chi connectivity index (χ4n) is 4.46. The second-order valence-corrected chi connectivity index (χ2v) is 12.9. The lowest BCUT2D eigenvalue weighted by Crippen LogP contribution is -2.53. The molecule has 1 aromatic rings. The SMILES string of the molecule is O=c1ccn(C[C@@H](CO)OCP(=O)(O)OCCCOCCCCCCCCCCCCCCC(F)(C(F)(F)F)C(F)(F)F)c(=O)[nH]1. The van der Waals surface area contributed by atoms with Gasteiger partial charge in [-0.3, -0.25) is 18.9 Å². The van der Waals surface area contributed by atoms with Gasteiger partial charge in [0.1, 0.15) is 6.35 Å². The predicted octanol–water partition coefficient (Wildman–Crippen LogP) is 6.38. The van der Waals surface area contributed by atoms with Crippen molar-refractivity contribution in [3.8, 4) is 0 Å². The molecule has 0 spiro atoms. The van der Waals surface area contributed by atoms with E-state index in [0.717, 1.165) is 62.0 Å². The highest BCUT2D eigenvalue weighted by atomic mass is 31.2. The predicted molar refractivity (Wildman–Crippen MR) is 155 cm³/mol. The molecule has 0 aromatic carbocycles. The maximum atomic E-state index is 13.6. The normalized spacial score (nSPS) is 14.8. The maximum absolute atomic E-state index is 13.6. The molecule has 10 nitrogen and oxygen atoms in total. The number of hydrogen-bond donors (Lipinski definition) is 3. The summed E-state index contributed by atoms with van der Waals surface area (Å²) in [5, 5.41) is 9.42. The van der Waals surface area contributed by atoms with E-state index < -0.39 is 68.8 Å². The van der Waals surface area contributed by atoms with Crippen LogP contribution in [0.5, 0.6) is 0 Å². The van der Waals surface area contributed by atoms with E-state index in [0.29, 0.717) is 32.5 Å². The van der Waals surface area contributed by atoms with Crippen LogP contribution < -0.4 is 11.2 Å². The lowest BCUT2D eigenvalue weighted by atomic mass is 9.96. The number of nitrogens with one attached hydrogen (secondary N) is 1. The number of rotatable bonds is 26. The summed E-state index contributed by atoms with van der Waals surface area (Å²) in [4.78, 5) is 34.8. The number of aromatic amines is 1. The van der Waals surface area contributed by atoms with Crippen LogP contribution in [0.15, 0.2) is 21.9 Å². The van der Waals surface area contributed by atoms with Crippen molar-refractivity contribution in [2.24, 2.45) is 0 Å². The number of H-pyrrole nitrogens is 1. The smallest absolute Gasteiger partial charge is 0.394 e. The molecule has 0 fully saturated rings. The zero-order valence-corrected chi connectivity index (χ0v) is 26.7. The van der Waals surface area contributed by atoms with Gasteiger partial charge in [-0.05, 0) is 25.7 Å². The fourth-order valence-corrected chi connectivity index (χ4v) is 5.35. The van der Waals surface area contributed by atoms with E-state index in [-0.39, 0.29) is 19.6 Å². The van der Waals surface area contributed by atoms with Gasteiger partial charge >= 0.3 is 25.6 Å². The molecule has 0 bridgehead atoms. The second-order valence-electron chi connectivity index (χ2n) is 11.1. The molecule has 1 rings (SSSR count). The minimum atomic E-state index is -5.98. The average Bonchev–Trinajstić information content (AvgIpc) is 2.96. The zero-order chi connectivity index (χ0) is 34.7. The minimum Gasteiger partial charge on any atom is -0.394 e. The molecule has 18 heteroatoms. The Morgan fingerprint density at radius 1 is 0.783 bits per heavy atom. The largest absolute Gasteiger partial charge is 0.431 e. The molecular formula is C28H46F7N2O8P. The summed E-state index contributed by atoms with van der Waals surface area (Å²) in [7, 11) is -4.11. The number of aromatic nitrogens is 2. The number of nitrogens with zero attached hydrogens (tertiary/aromatic N) is 1. The number of alkyl halides is 7. The van der Waals surface area contributed by atoms with Crippen LogP contribution in [-0.2, 0) is 25.1 Å². The lowest BCUT2D eigenvalue weighted by Gasteiger charge is -2.29. The molecule has 0 aliphatic heterocycles. The zero-order valence-electron chi connectivity index (χ0n) is 25.8. The van der Waals surface area contributed by atoms with E-state index in [4.69, 9.17) is 14.0 Å². The molecule has 46 heavy (non-hydrogen) atoms. The Bertz CT molecular complexity index is 1120. The standard InChI is InChI=1S/C28H46F7N2O8P/c29-26(27(30,31)32,28(33,34)35)15-11-9-7-5-3-1-2-4-6-8-10-12-17-43-18-13-19-45-46(41,42)22-44-23(21-38)20-37-16-14-24(39)36-25(37)40/h14,16,23,38H,1-13,15,17-22H2,(H,41,42)(H,36,39,40)/t23-/m0/s1. The van der Waals surface area contributed by atoms with Gasteiger partial charge in [0.2, 0.25) is 0 Å². The Labute approximate surface area is 263 Å². The maximum Gasteiger partial charge on any atom is 0.431 e. The Morgan fingerprint density at radius 2 is 1.28 bits per heavy atom. The highest BCUT2D eigenvalue weighted by Crippen LogP contribution is 2.49. The Morgan fingerprint density at radius 3 is 1.78 bits per heavy atom. The van der Waals surface area contributed by atoms with Crippen molar-refractivity contribution in [2.75, 3.05) is 32.8 Å². The van der Waals surface area contributed by atoms with Crippen molar-refractivity contribution in [1.82, 2.24) is 9.55 Å². The van der Waals surface area contributed by atoms with Gasteiger partial charge in [0.15, 0.2) is 0 Å². The Balaban J connectivity index is 1.97. The molecule has 0 amide bonds. The van der Waals surface area contributed by atoms with Gasteiger partial charge in [0.25, 0.3) is 11.2 Å². The van der Waals surface area contributed by atoms with E-state index in [1.54, 1.807) is 0 Å². The van der Waals surface area contributed by atoms with Crippen molar-refractivity contribution < 1.29 is 59.3 Å². The van der Waals surface area contributed by atoms with Crippen molar-refractivity contribution in [3.63, 3.8) is 0 Å².